The van der Waals surface area contributed by atoms with Gasteiger partial charge in [-0.3, -0.25) is 4.79 Å². The molecule has 3 N–H and O–H groups in total. The van der Waals surface area contributed by atoms with Crippen molar-refractivity contribution in [3.05, 3.63) is 0 Å². The maximum absolute atomic E-state index is 11.5. The molecule has 3 unspecified atom stereocenters. The van der Waals surface area contributed by atoms with E-state index in [1.165, 1.54) is 0 Å². The first-order chi connectivity index (χ1) is 7.11. The Hall–Kier alpha value is -0.650. The Kier molecular flexibility index (Phi) is 5.01. The molecular formula is C10H20N2O3. The number of carbonyl (C=O) groups excluding carboxylic acids is 1. The second-order valence-corrected chi connectivity index (χ2v) is 3.96. The first-order valence-corrected chi connectivity index (χ1v) is 5.34. The van der Waals surface area contributed by atoms with E-state index in [4.69, 9.17) is 15.2 Å². The number of hydrogen-bond donors (Lipinski definition) is 2. The van der Waals surface area contributed by atoms with Crippen LogP contribution >= 0.6 is 0 Å². The molecular weight excluding hydrogens is 196 g/mol. The summed E-state index contributed by atoms with van der Waals surface area (Å²) in [5, 5.41) is 2.81. The summed E-state index contributed by atoms with van der Waals surface area (Å²) in [5.74, 6) is -0.200. The fraction of sp³-hybridized carbons (Fsp3) is 0.900. The lowest BCUT2D eigenvalue weighted by atomic mass is 10.0. The third-order valence-corrected chi connectivity index (χ3v) is 2.59. The van der Waals surface area contributed by atoms with E-state index in [2.05, 4.69) is 5.32 Å². The minimum absolute atomic E-state index is 0.0250. The van der Waals surface area contributed by atoms with Crippen molar-refractivity contribution in [1.29, 1.82) is 0 Å². The topological polar surface area (TPSA) is 73.6 Å². The van der Waals surface area contributed by atoms with Crippen molar-refractivity contribution >= 4 is 5.91 Å². The summed E-state index contributed by atoms with van der Waals surface area (Å²) in [5.41, 5.74) is 5.63. The Balaban J connectivity index is 2.20. The largest absolute Gasteiger partial charge is 0.376 e. The first-order valence-electron chi connectivity index (χ1n) is 5.34. The van der Waals surface area contributed by atoms with Crippen molar-refractivity contribution in [3.63, 3.8) is 0 Å². The predicted octanol–water partition coefficient (Wildman–Crippen LogP) is -0.499. The second kappa shape index (κ2) is 6.05. The van der Waals surface area contributed by atoms with Crippen molar-refractivity contribution in [2.24, 2.45) is 11.7 Å². The molecule has 0 radical (unpaired) electrons. The Morgan fingerprint density at radius 3 is 2.80 bits per heavy atom. The van der Waals surface area contributed by atoms with Crippen LogP contribution in [-0.4, -0.2) is 44.4 Å². The molecule has 5 heteroatoms. The van der Waals surface area contributed by atoms with Gasteiger partial charge in [-0.1, -0.05) is 6.92 Å². The molecule has 0 spiro atoms. The highest BCUT2D eigenvalue weighted by Gasteiger charge is 2.19. The van der Waals surface area contributed by atoms with Crippen LogP contribution in [0.2, 0.25) is 0 Å². The lowest BCUT2D eigenvalue weighted by Crippen LogP contribution is -2.44. The molecule has 1 heterocycles. The van der Waals surface area contributed by atoms with Gasteiger partial charge in [0.15, 0.2) is 0 Å². The van der Waals surface area contributed by atoms with Crippen molar-refractivity contribution in [3.8, 4) is 0 Å². The summed E-state index contributed by atoms with van der Waals surface area (Å²) >= 11 is 0. The molecule has 1 amide bonds. The highest BCUT2D eigenvalue weighted by Crippen LogP contribution is 2.02. The van der Waals surface area contributed by atoms with Crippen LogP contribution in [0.25, 0.3) is 0 Å². The van der Waals surface area contributed by atoms with Gasteiger partial charge in [0, 0.05) is 18.5 Å². The quantitative estimate of drug-likeness (QED) is 0.664. The standard InChI is InChI=1S/C10H20N2O3/c1-7(8(2)11)10(13)12-5-9-6-14-3-4-15-9/h7-9H,3-6,11H2,1-2H3,(H,12,13). The van der Waals surface area contributed by atoms with Crippen LogP contribution in [0.3, 0.4) is 0 Å². The summed E-state index contributed by atoms with van der Waals surface area (Å²) in [6, 6.07) is -0.131. The fourth-order valence-corrected chi connectivity index (χ4v) is 1.27. The van der Waals surface area contributed by atoms with E-state index >= 15 is 0 Å². The van der Waals surface area contributed by atoms with E-state index in [9.17, 15) is 4.79 Å². The van der Waals surface area contributed by atoms with Crippen molar-refractivity contribution < 1.29 is 14.3 Å². The van der Waals surface area contributed by atoms with Gasteiger partial charge in [0.1, 0.15) is 0 Å². The monoisotopic (exact) mass is 216 g/mol. The number of rotatable bonds is 4. The molecule has 5 nitrogen and oxygen atoms in total. The smallest absolute Gasteiger partial charge is 0.224 e. The highest BCUT2D eigenvalue weighted by atomic mass is 16.6. The maximum atomic E-state index is 11.5. The summed E-state index contributed by atoms with van der Waals surface area (Å²) in [6.45, 7) is 5.93. The van der Waals surface area contributed by atoms with Gasteiger partial charge in [-0.2, -0.15) is 0 Å². The van der Waals surface area contributed by atoms with Gasteiger partial charge in [-0.25, -0.2) is 0 Å². The molecule has 0 aromatic heterocycles. The zero-order chi connectivity index (χ0) is 11.3. The van der Waals surface area contributed by atoms with Crippen LogP contribution in [-0.2, 0) is 14.3 Å². The average Bonchev–Trinajstić information content (AvgIpc) is 2.26. The normalized spacial score (nSPS) is 25.7. The van der Waals surface area contributed by atoms with Gasteiger partial charge >= 0.3 is 0 Å². The van der Waals surface area contributed by atoms with E-state index in [-0.39, 0.29) is 24.0 Å². The van der Waals surface area contributed by atoms with Crippen LogP contribution in [0.5, 0.6) is 0 Å². The Bertz CT molecular complexity index is 203. The lowest BCUT2D eigenvalue weighted by molar-refractivity contribution is -0.127. The van der Waals surface area contributed by atoms with Crippen LogP contribution in [0, 0.1) is 5.92 Å². The molecule has 1 aliphatic heterocycles. The second-order valence-electron chi connectivity index (χ2n) is 3.96. The SMILES string of the molecule is CC(N)C(C)C(=O)NCC1COCCO1. The number of amides is 1. The summed E-state index contributed by atoms with van der Waals surface area (Å²) in [6.07, 6.45) is -0.0250. The van der Waals surface area contributed by atoms with Crippen LogP contribution < -0.4 is 11.1 Å². The first kappa shape index (κ1) is 12.4. The van der Waals surface area contributed by atoms with Gasteiger partial charge in [0.25, 0.3) is 0 Å². The molecule has 0 aromatic carbocycles. The summed E-state index contributed by atoms with van der Waals surface area (Å²) in [4.78, 5) is 11.5. The van der Waals surface area contributed by atoms with Crippen molar-refractivity contribution in [2.75, 3.05) is 26.4 Å². The van der Waals surface area contributed by atoms with Gasteiger partial charge in [-0.15, -0.1) is 0 Å². The predicted molar refractivity (Wildman–Crippen MR) is 56.4 cm³/mol. The third kappa shape index (κ3) is 4.15. The van der Waals surface area contributed by atoms with Gasteiger partial charge in [-0.05, 0) is 6.92 Å². The Labute approximate surface area is 90.3 Å². The van der Waals surface area contributed by atoms with Gasteiger partial charge < -0.3 is 20.5 Å². The van der Waals surface area contributed by atoms with Gasteiger partial charge in [0.05, 0.1) is 25.9 Å². The molecule has 0 aromatic rings. The van der Waals surface area contributed by atoms with Gasteiger partial charge in [0.2, 0.25) is 5.91 Å². The number of nitrogens with one attached hydrogen (secondary N) is 1. The number of carbonyl (C=O) groups is 1. The van der Waals surface area contributed by atoms with E-state index < -0.39 is 0 Å². The Morgan fingerprint density at radius 1 is 1.53 bits per heavy atom. The minimum Gasteiger partial charge on any atom is -0.376 e. The summed E-state index contributed by atoms with van der Waals surface area (Å²) in [7, 11) is 0. The number of ether oxygens (including phenoxy) is 2. The zero-order valence-electron chi connectivity index (χ0n) is 9.36. The number of nitrogens with two attached hydrogens (primary N) is 1. The molecule has 1 aliphatic rings. The van der Waals surface area contributed by atoms with Crippen molar-refractivity contribution in [2.45, 2.75) is 26.0 Å². The van der Waals surface area contributed by atoms with Crippen LogP contribution in [0.15, 0.2) is 0 Å². The van der Waals surface area contributed by atoms with E-state index in [0.717, 1.165) is 0 Å². The minimum atomic E-state index is -0.172. The molecule has 3 atom stereocenters. The molecule has 1 rings (SSSR count). The molecule has 0 saturated carbocycles. The molecule has 88 valence electrons. The molecule has 1 fully saturated rings. The highest BCUT2D eigenvalue weighted by molar-refractivity contribution is 5.78. The van der Waals surface area contributed by atoms with Crippen LogP contribution in [0.1, 0.15) is 13.8 Å². The zero-order valence-corrected chi connectivity index (χ0v) is 9.36. The van der Waals surface area contributed by atoms with E-state index in [1.54, 1.807) is 0 Å². The van der Waals surface area contributed by atoms with Crippen molar-refractivity contribution in [1.82, 2.24) is 5.32 Å². The average molecular weight is 216 g/mol. The molecule has 1 saturated heterocycles. The lowest BCUT2D eigenvalue weighted by Gasteiger charge is -2.24. The molecule has 0 aliphatic carbocycles. The summed E-state index contributed by atoms with van der Waals surface area (Å²) < 4.78 is 10.6. The van der Waals surface area contributed by atoms with E-state index in [0.29, 0.717) is 26.4 Å². The van der Waals surface area contributed by atoms with E-state index in [1.807, 2.05) is 13.8 Å². The van der Waals surface area contributed by atoms with Crippen LogP contribution in [0.4, 0.5) is 0 Å². The third-order valence-electron chi connectivity index (χ3n) is 2.59. The fourth-order valence-electron chi connectivity index (χ4n) is 1.27. The Morgan fingerprint density at radius 2 is 2.27 bits per heavy atom. The maximum Gasteiger partial charge on any atom is 0.224 e. The molecule has 0 bridgehead atoms. The number of hydrogen-bond acceptors (Lipinski definition) is 4. The molecule has 15 heavy (non-hydrogen) atoms.